The summed E-state index contributed by atoms with van der Waals surface area (Å²) in [7, 11) is 1.74. The molecule has 3 aromatic rings. The predicted octanol–water partition coefficient (Wildman–Crippen LogP) is 4.52. The van der Waals surface area contributed by atoms with Crippen LogP contribution in [0.3, 0.4) is 0 Å². The molecule has 1 saturated heterocycles. The monoisotopic (exact) mass is 492 g/mol. The maximum Gasteiger partial charge on any atom is 0.183 e. The lowest BCUT2D eigenvalue weighted by Crippen LogP contribution is -2.47. The minimum Gasteiger partial charge on any atom is -0.495 e. The third-order valence-electron chi connectivity index (χ3n) is 5.17. The standard InChI is InChI=1S/C22H28N4O2S.BrH/c1-3-28-17-8-9-18-21(16-17)29-22(24-18)23-10-11-25-12-14-26(15-13-25)19-6-4-5-7-20(19)27-2;/h4-9,16H,3,10-15H2,1-2H3,(H,23,24);1H. The number of para-hydroxylation sites is 2. The van der Waals surface area contributed by atoms with Crippen molar-refractivity contribution in [3.63, 3.8) is 0 Å². The molecule has 2 heterocycles. The molecule has 0 amide bonds. The maximum absolute atomic E-state index is 5.58. The Morgan fingerprint density at radius 3 is 2.67 bits per heavy atom. The van der Waals surface area contributed by atoms with Crippen LogP contribution in [0, 0.1) is 0 Å². The van der Waals surface area contributed by atoms with Gasteiger partial charge in [0.15, 0.2) is 5.13 Å². The molecule has 1 fully saturated rings. The SMILES string of the molecule is Br.CCOc1ccc2nc(NCCN3CCN(c4ccccc4OC)CC3)sc2c1. The van der Waals surface area contributed by atoms with Crippen LogP contribution in [0.2, 0.25) is 0 Å². The van der Waals surface area contributed by atoms with Gasteiger partial charge < -0.3 is 19.7 Å². The molecular weight excluding hydrogens is 464 g/mol. The van der Waals surface area contributed by atoms with E-state index in [0.29, 0.717) is 6.61 Å². The summed E-state index contributed by atoms with van der Waals surface area (Å²) in [6.45, 7) is 8.73. The van der Waals surface area contributed by atoms with Crippen LogP contribution in [0.15, 0.2) is 42.5 Å². The largest absolute Gasteiger partial charge is 0.495 e. The van der Waals surface area contributed by atoms with E-state index in [0.717, 1.165) is 66.1 Å². The number of piperazine rings is 1. The van der Waals surface area contributed by atoms with Gasteiger partial charge in [0.2, 0.25) is 0 Å². The number of anilines is 2. The molecular formula is C22H29BrN4O2S. The van der Waals surface area contributed by atoms with Crippen LogP contribution in [0.4, 0.5) is 10.8 Å². The third kappa shape index (κ3) is 5.36. The molecule has 0 unspecified atom stereocenters. The highest BCUT2D eigenvalue weighted by Crippen LogP contribution is 2.30. The highest BCUT2D eigenvalue weighted by Gasteiger charge is 2.19. The van der Waals surface area contributed by atoms with Crippen molar-refractivity contribution < 1.29 is 9.47 Å². The first-order valence-corrected chi connectivity index (χ1v) is 11.0. The summed E-state index contributed by atoms with van der Waals surface area (Å²) in [5.74, 6) is 1.86. The number of thiazole rings is 1. The Balaban J connectivity index is 0.00000256. The first-order chi connectivity index (χ1) is 14.3. The van der Waals surface area contributed by atoms with Crippen molar-refractivity contribution >= 4 is 49.4 Å². The van der Waals surface area contributed by atoms with Crippen LogP contribution in [0.25, 0.3) is 10.2 Å². The molecule has 0 aliphatic carbocycles. The molecule has 1 N–H and O–H groups in total. The van der Waals surface area contributed by atoms with Gasteiger partial charge in [-0.05, 0) is 37.3 Å². The molecule has 8 heteroatoms. The third-order valence-corrected chi connectivity index (χ3v) is 6.15. The number of aromatic nitrogens is 1. The van der Waals surface area contributed by atoms with Crippen molar-refractivity contribution in [3.8, 4) is 11.5 Å². The van der Waals surface area contributed by atoms with Gasteiger partial charge in [-0.25, -0.2) is 4.98 Å². The highest BCUT2D eigenvalue weighted by atomic mass is 79.9. The van der Waals surface area contributed by atoms with E-state index in [-0.39, 0.29) is 17.0 Å². The molecule has 0 bridgehead atoms. The van der Waals surface area contributed by atoms with E-state index in [1.807, 2.05) is 31.2 Å². The Bertz CT molecular complexity index is 944. The van der Waals surface area contributed by atoms with E-state index in [1.54, 1.807) is 18.4 Å². The summed E-state index contributed by atoms with van der Waals surface area (Å²) in [4.78, 5) is 9.59. The van der Waals surface area contributed by atoms with E-state index >= 15 is 0 Å². The molecule has 4 rings (SSSR count). The van der Waals surface area contributed by atoms with Crippen molar-refractivity contribution in [2.75, 3.05) is 63.2 Å². The number of fused-ring (bicyclic) bond motifs is 1. The summed E-state index contributed by atoms with van der Waals surface area (Å²) in [6.07, 6.45) is 0. The Labute approximate surface area is 192 Å². The number of benzene rings is 2. The molecule has 30 heavy (non-hydrogen) atoms. The Hall–Kier alpha value is -2.03. The smallest absolute Gasteiger partial charge is 0.183 e. The van der Waals surface area contributed by atoms with E-state index in [9.17, 15) is 0 Å². The van der Waals surface area contributed by atoms with Crippen LogP contribution in [0.1, 0.15) is 6.92 Å². The number of halogens is 1. The number of rotatable bonds is 8. The van der Waals surface area contributed by atoms with Gasteiger partial charge in [-0.3, -0.25) is 4.90 Å². The van der Waals surface area contributed by atoms with Crippen LogP contribution in [-0.4, -0.2) is 62.9 Å². The number of hydrogen-bond donors (Lipinski definition) is 1. The van der Waals surface area contributed by atoms with E-state index < -0.39 is 0 Å². The summed E-state index contributed by atoms with van der Waals surface area (Å²) in [6, 6.07) is 14.3. The first-order valence-electron chi connectivity index (χ1n) is 10.1. The van der Waals surface area contributed by atoms with Gasteiger partial charge in [-0.15, -0.1) is 17.0 Å². The zero-order valence-electron chi connectivity index (χ0n) is 17.5. The summed E-state index contributed by atoms with van der Waals surface area (Å²) >= 11 is 1.68. The Kier molecular flexibility index (Phi) is 8.18. The van der Waals surface area contributed by atoms with Gasteiger partial charge in [-0.2, -0.15) is 0 Å². The van der Waals surface area contributed by atoms with Crippen LogP contribution >= 0.6 is 28.3 Å². The van der Waals surface area contributed by atoms with Gasteiger partial charge in [-0.1, -0.05) is 23.5 Å². The van der Waals surface area contributed by atoms with Gasteiger partial charge >= 0.3 is 0 Å². The maximum atomic E-state index is 5.58. The molecule has 0 saturated carbocycles. The fourth-order valence-corrected chi connectivity index (χ4v) is 4.58. The van der Waals surface area contributed by atoms with Crippen molar-refractivity contribution in [1.82, 2.24) is 9.88 Å². The number of hydrogen-bond acceptors (Lipinski definition) is 7. The van der Waals surface area contributed by atoms with E-state index in [1.165, 1.54) is 5.69 Å². The quantitative estimate of drug-likeness (QED) is 0.498. The lowest BCUT2D eigenvalue weighted by atomic mass is 10.2. The lowest BCUT2D eigenvalue weighted by molar-refractivity contribution is 0.266. The normalized spacial score (nSPS) is 14.4. The summed E-state index contributed by atoms with van der Waals surface area (Å²) in [5, 5.41) is 4.46. The topological polar surface area (TPSA) is 49.9 Å². The molecule has 162 valence electrons. The predicted molar refractivity (Wildman–Crippen MR) is 131 cm³/mol. The molecule has 1 aromatic heterocycles. The van der Waals surface area contributed by atoms with Gasteiger partial charge in [0, 0.05) is 39.3 Å². The molecule has 6 nitrogen and oxygen atoms in total. The van der Waals surface area contributed by atoms with Gasteiger partial charge in [0.25, 0.3) is 0 Å². The zero-order chi connectivity index (χ0) is 20.1. The van der Waals surface area contributed by atoms with Crippen LogP contribution in [0.5, 0.6) is 11.5 Å². The molecule has 0 spiro atoms. The second kappa shape index (κ2) is 10.8. The zero-order valence-corrected chi connectivity index (χ0v) is 20.0. The molecule has 1 aliphatic heterocycles. The second-order valence-electron chi connectivity index (χ2n) is 7.01. The molecule has 0 atom stereocenters. The molecule has 1 aliphatic rings. The van der Waals surface area contributed by atoms with Gasteiger partial charge in [0.1, 0.15) is 11.5 Å². The number of methoxy groups -OCH3 is 1. The minimum atomic E-state index is 0. The van der Waals surface area contributed by atoms with E-state index in [2.05, 4.69) is 38.3 Å². The lowest BCUT2D eigenvalue weighted by Gasteiger charge is -2.36. The van der Waals surface area contributed by atoms with Crippen molar-refractivity contribution in [2.45, 2.75) is 6.92 Å². The number of ether oxygens (including phenoxy) is 2. The highest BCUT2D eigenvalue weighted by molar-refractivity contribution is 8.93. The minimum absolute atomic E-state index is 0. The van der Waals surface area contributed by atoms with Crippen LogP contribution in [-0.2, 0) is 0 Å². The van der Waals surface area contributed by atoms with Crippen molar-refractivity contribution in [3.05, 3.63) is 42.5 Å². The molecule has 0 radical (unpaired) electrons. The summed E-state index contributed by atoms with van der Waals surface area (Å²) in [5.41, 5.74) is 2.21. The van der Waals surface area contributed by atoms with E-state index in [4.69, 9.17) is 9.47 Å². The second-order valence-corrected chi connectivity index (χ2v) is 8.04. The summed E-state index contributed by atoms with van der Waals surface area (Å²) < 4.78 is 12.2. The Morgan fingerprint density at radius 1 is 1.10 bits per heavy atom. The first kappa shape index (κ1) is 22.7. The van der Waals surface area contributed by atoms with Crippen molar-refractivity contribution in [2.24, 2.45) is 0 Å². The average molecular weight is 493 g/mol. The number of nitrogens with zero attached hydrogens (tertiary/aromatic N) is 3. The molecule has 2 aromatic carbocycles. The van der Waals surface area contributed by atoms with Gasteiger partial charge in [0.05, 0.1) is 29.6 Å². The average Bonchev–Trinajstić information content (AvgIpc) is 3.16. The fourth-order valence-electron chi connectivity index (χ4n) is 3.66. The fraction of sp³-hybridized carbons (Fsp3) is 0.409. The van der Waals surface area contributed by atoms with Crippen LogP contribution < -0.4 is 19.7 Å². The van der Waals surface area contributed by atoms with Crippen molar-refractivity contribution in [1.29, 1.82) is 0 Å². The Morgan fingerprint density at radius 2 is 1.90 bits per heavy atom. The number of nitrogens with one attached hydrogen (secondary N) is 1.